The molecule has 1 unspecified atom stereocenters. The summed E-state index contributed by atoms with van der Waals surface area (Å²) in [5.74, 6) is -1.91. The van der Waals surface area contributed by atoms with E-state index in [1.807, 2.05) is 0 Å². The molecule has 0 bridgehead atoms. The molecule has 1 heterocycles. The minimum absolute atomic E-state index is 0.00889. The lowest BCUT2D eigenvalue weighted by atomic mass is 9.81. The number of nitrogens with one attached hydrogen (secondary N) is 1. The second-order valence-electron chi connectivity index (χ2n) is 5.83. The fraction of sp³-hybridized carbons (Fsp3) is 0.923. The first kappa shape index (κ1) is 15.6. The molecule has 4 nitrogen and oxygen atoms in total. The molecule has 1 saturated carbocycles. The van der Waals surface area contributed by atoms with Gasteiger partial charge >= 0.3 is 6.18 Å². The van der Waals surface area contributed by atoms with Crippen LogP contribution in [0.15, 0.2) is 0 Å². The number of hydrogen-bond acceptors (Lipinski definition) is 3. The SMILES string of the molecule is O=C(NCC1(O)CCOC1)C1CCC(C(F)(F)F)CC1. The Kier molecular flexibility index (Phi) is 4.59. The molecule has 0 spiro atoms. The molecule has 1 atom stereocenters. The Morgan fingerprint density at radius 2 is 1.95 bits per heavy atom. The molecule has 2 rings (SSSR count). The van der Waals surface area contributed by atoms with Crippen molar-refractivity contribution >= 4 is 5.91 Å². The molecule has 116 valence electrons. The minimum atomic E-state index is -4.15. The van der Waals surface area contributed by atoms with Gasteiger partial charge in [0.25, 0.3) is 0 Å². The highest BCUT2D eigenvalue weighted by Crippen LogP contribution is 2.39. The molecule has 1 amide bonds. The predicted octanol–water partition coefficient (Wildman–Crippen LogP) is 1.62. The number of aliphatic hydroxyl groups is 1. The van der Waals surface area contributed by atoms with E-state index >= 15 is 0 Å². The van der Waals surface area contributed by atoms with E-state index in [0.29, 0.717) is 13.0 Å². The fourth-order valence-electron chi connectivity index (χ4n) is 2.81. The zero-order valence-corrected chi connectivity index (χ0v) is 11.2. The van der Waals surface area contributed by atoms with Crippen LogP contribution in [0.3, 0.4) is 0 Å². The van der Waals surface area contributed by atoms with E-state index in [9.17, 15) is 23.1 Å². The van der Waals surface area contributed by atoms with Gasteiger partial charge in [-0.2, -0.15) is 13.2 Å². The van der Waals surface area contributed by atoms with Crippen molar-refractivity contribution in [1.82, 2.24) is 5.32 Å². The van der Waals surface area contributed by atoms with Crippen molar-refractivity contribution in [3.63, 3.8) is 0 Å². The second-order valence-corrected chi connectivity index (χ2v) is 5.83. The Hall–Kier alpha value is -0.820. The van der Waals surface area contributed by atoms with Crippen LogP contribution in [0.5, 0.6) is 0 Å². The normalized spacial score (nSPS) is 35.0. The number of halogens is 3. The molecule has 0 aromatic carbocycles. The van der Waals surface area contributed by atoms with E-state index in [4.69, 9.17) is 4.74 Å². The smallest absolute Gasteiger partial charge is 0.386 e. The van der Waals surface area contributed by atoms with E-state index in [0.717, 1.165) is 0 Å². The van der Waals surface area contributed by atoms with Gasteiger partial charge in [0.1, 0.15) is 5.60 Å². The van der Waals surface area contributed by atoms with Crippen molar-refractivity contribution in [2.24, 2.45) is 11.8 Å². The Morgan fingerprint density at radius 3 is 2.45 bits per heavy atom. The molecule has 0 aromatic rings. The summed E-state index contributed by atoms with van der Waals surface area (Å²) in [6.45, 7) is 0.752. The molecule has 2 fully saturated rings. The predicted molar refractivity (Wildman–Crippen MR) is 64.9 cm³/mol. The van der Waals surface area contributed by atoms with Crippen LogP contribution in [0, 0.1) is 11.8 Å². The Labute approximate surface area is 115 Å². The van der Waals surface area contributed by atoms with Gasteiger partial charge in [0.05, 0.1) is 12.5 Å². The van der Waals surface area contributed by atoms with E-state index in [1.54, 1.807) is 0 Å². The molecule has 2 N–H and O–H groups in total. The number of carbonyl (C=O) groups is 1. The monoisotopic (exact) mass is 295 g/mol. The van der Waals surface area contributed by atoms with Crippen molar-refractivity contribution in [3.8, 4) is 0 Å². The van der Waals surface area contributed by atoms with Gasteiger partial charge in [-0.25, -0.2) is 0 Å². The Bertz CT molecular complexity index is 345. The summed E-state index contributed by atoms with van der Waals surface area (Å²) < 4.78 is 42.6. The Balaban J connectivity index is 1.75. The lowest BCUT2D eigenvalue weighted by molar-refractivity contribution is -0.184. The molecule has 1 saturated heterocycles. The molecule has 0 radical (unpaired) electrons. The van der Waals surface area contributed by atoms with Crippen molar-refractivity contribution < 1.29 is 27.8 Å². The average molecular weight is 295 g/mol. The largest absolute Gasteiger partial charge is 0.391 e. The third-order valence-electron chi connectivity index (χ3n) is 4.24. The second kappa shape index (κ2) is 5.89. The third-order valence-corrected chi connectivity index (χ3v) is 4.24. The molecule has 2 aliphatic rings. The summed E-state index contributed by atoms with van der Waals surface area (Å²) in [5, 5.41) is 12.6. The van der Waals surface area contributed by atoms with Gasteiger partial charge in [-0.15, -0.1) is 0 Å². The summed E-state index contributed by atoms with van der Waals surface area (Å²) in [6, 6.07) is 0. The van der Waals surface area contributed by atoms with Gasteiger partial charge in [-0.1, -0.05) is 0 Å². The number of ether oxygens (including phenoxy) is 1. The maximum absolute atomic E-state index is 12.5. The molecular formula is C13H20F3NO3. The first-order valence-electron chi connectivity index (χ1n) is 6.95. The molecular weight excluding hydrogens is 275 g/mol. The molecule has 0 aromatic heterocycles. The standard InChI is InChI=1S/C13H20F3NO3/c14-13(15,16)10-3-1-9(2-4-10)11(18)17-7-12(19)5-6-20-8-12/h9-10,19H,1-8H2,(H,17,18). The van der Waals surface area contributed by atoms with Crippen molar-refractivity contribution in [3.05, 3.63) is 0 Å². The average Bonchev–Trinajstić information content (AvgIpc) is 2.83. The summed E-state index contributed by atoms with van der Waals surface area (Å²) in [4.78, 5) is 11.9. The van der Waals surface area contributed by atoms with Crippen LogP contribution in [0.2, 0.25) is 0 Å². The van der Waals surface area contributed by atoms with Crippen LogP contribution in [-0.2, 0) is 9.53 Å². The van der Waals surface area contributed by atoms with Crippen molar-refractivity contribution in [1.29, 1.82) is 0 Å². The van der Waals surface area contributed by atoms with Crippen LogP contribution in [0.25, 0.3) is 0 Å². The van der Waals surface area contributed by atoms with E-state index < -0.39 is 17.7 Å². The van der Waals surface area contributed by atoms with Gasteiger partial charge in [0.2, 0.25) is 5.91 Å². The van der Waals surface area contributed by atoms with Crippen LogP contribution >= 0.6 is 0 Å². The van der Waals surface area contributed by atoms with Crippen LogP contribution < -0.4 is 5.32 Å². The summed E-state index contributed by atoms with van der Waals surface area (Å²) in [5.41, 5.74) is -1.03. The molecule has 7 heteroatoms. The molecule has 1 aliphatic carbocycles. The van der Waals surface area contributed by atoms with Crippen LogP contribution in [0.4, 0.5) is 13.2 Å². The van der Waals surface area contributed by atoms with Gasteiger partial charge in [0, 0.05) is 25.5 Å². The highest BCUT2D eigenvalue weighted by Gasteiger charge is 2.42. The number of carbonyl (C=O) groups excluding carboxylic acids is 1. The van der Waals surface area contributed by atoms with Crippen molar-refractivity contribution in [2.75, 3.05) is 19.8 Å². The number of amides is 1. The van der Waals surface area contributed by atoms with Crippen molar-refractivity contribution in [2.45, 2.75) is 43.9 Å². The summed E-state index contributed by atoms with van der Waals surface area (Å²) >= 11 is 0. The van der Waals surface area contributed by atoms with Gasteiger partial charge in [0.15, 0.2) is 0 Å². The summed E-state index contributed by atoms with van der Waals surface area (Å²) in [7, 11) is 0. The van der Waals surface area contributed by atoms with E-state index in [1.165, 1.54) is 0 Å². The van der Waals surface area contributed by atoms with E-state index in [-0.39, 0.29) is 50.7 Å². The minimum Gasteiger partial charge on any atom is -0.386 e. The molecule has 20 heavy (non-hydrogen) atoms. The Morgan fingerprint density at radius 1 is 1.30 bits per heavy atom. The quantitative estimate of drug-likeness (QED) is 0.832. The third kappa shape index (κ3) is 3.85. The number of hydrogen-bond donors (Lipinski definition) is 2. The number of rotatable bonds is 3. The zero-order valence-electron chi connectivity index (χ0n) is 11.2. The summed E-state index contributed by atoms with van der Waals surface area (Å²) in [6.07, 6.45) is -3.16. The maximum Gasteiger partial charge on any atom is 0.391 e. The lowest BCUT2D eigenvalue weighted by Gasteiger charge is -2.30. The molecule has 1 aliphatic heterocycles. The topological polar surface area (TPSA) is 58.6 Å². The fourth-order valence-corrected chi connectivity index (χ4v) is 2.81. The van der Waals surface area contributed by atoms with Gasteiger partial charge in [-0.3, -0.25) is 4.79 Å². The van der Waals surface area contributed by atoms with Gasteiger partial charge in [-0.05, 0) is 25.7 Å². The lowest BCUT2D eigenvalue weighted by Crippen LogP contribution is -2.45. The van der Waals surface area contributed by atoms with Crippen LogP contribution in [0.1, 0.15) is 32.1 Å². The first-order valence-corrected chi connectivity index (χ1v) is 6.95. The maximum atomic E-state index is 12.5. The van der Waals surface area contributed by atoms with Gasteiger partial charge < -0.3 is 15.2 Å². The highest BCUT2D eigenvalue weighted by atomic mass is 19.4. The van der Waals surface area contributed by atoms with E-state index in [2.05, 4.69) is 5.32 Å². The van der Waals surface area contributed by atoms with Crippen LogP contribution in [-0.4, -0.2) is 42.5 Å². The number of alkyl halides is 3. The zero-order chi connectivity index (χ0) is 14.8. The first-order chi connectivity index (χ1) is 9.30. The highest BCUT2D eigenvalue weighted by molar-refractivity contribution is 5.78.